The Labute approximate surface area is 273 Å². The largest absolute Gasteiger partial charge is 0.263 e. The molecule has 3 heteroatoms. The van der Waals surface area contributed by atoms with Crippen molar-refractivity contribution in [3.8, 4) is 39.7 Å². The van der Waals surface area contributed by atoms with Crippen molar-refractivity contribution in [2.75, 3.05) is 0 Å². The van der Waals surface area contributed by atoms with Crippen LogP contribution in [0.3, 0.4) is 0 Å². The molecule has 0 spiro atoms. The van der Waals surface area contributed by atoms with E-state index < -0.39 is 5.41 Å². The first kappa shape index (κ1) is 27.0. The van der Waals surface area contributed by atoms with Gasteiger partial charge in [-0.25, -0.2) is 4.98 Å². The molecule has 1 aliphatic carbocycles. The van der Waals surface area contributed by atoms with Crippen molar-refractivity contribution in [3.63, 3.8) is 0 Å². The van der Waals surface area contributed by atoms with Gasteiger partial charge in [-0.1, -0.05) is 127 Å². The summed E-state index contributed by atoms with van der Waals surface area (Å²) in [6.45, 7) is 0. The van der Waals surface area contributed by atoms with Crippen molar-refractivity contribution in [2.45, 2.75) is 5.41 Å². The Morgan fingerprint density at radius 1 is 0.511 bits per heavy atom. The lowest BCUT2D eigenvalue weighted by Gasteiger charge is -2.34. The number of benzene rings is 6. The summed E-state index contributed by atoms with van der Waals surface area (Å²) in [6, 6.07) is 56.5. The summed E-state index contributed by atoms with van der Waals surface area (Å²) < 4.78 is 0. The summed E-state index contributed by atoms with van der Waals surface area (Å²) in [5.74, 6) is 0. The maximum Gasteiger partial charge on any atom is 0.101 e. The summed E-state index contributed by atoms with van der Waals surface area (Å²) in [4.78, 5) is 9.51. The fourth-order valence-electron chi connectivity index (χ4n) is 7.70. The highest BCUT2D eigenvalue weighted by Gasteiger charge is 2.47. The maximum atomic E-state index is 9.52. The lowest BCUT2D eigenvalue weighted by Crippen LogP contribution is -2.28. The van der Waals surface area contributed by atoms with Gasteiger partial charge in [0, 0.05) is 23.5 Å². The molecule has 2 aromatic heterocycles. The SMILES string of the molecule is N#Cc1cncc(-c2cccc(-c3cc4c(c5ccccc35)-c3c(ccc5ccccc35)C4(c3ccccc3)c3ccccc3)n2)c1. The number of hydrogen-bond acceptors (Lipinski definition) is 3. The fraction of sp³-hybridized carbons (Fsp3) is 0.0227. The Morgan fingerprint density at radius 3 is 1.89 bits per heavy atom. The average molecular weight is 598 g/mol. The Morgan fingerprint density at radius 2 is 1.15 bits per heavy atom. The van der Waals surface area contributed by atoms with Gasteiger partial charge < -0.3 is 0 Å². The van der Waals surface area contributed by atoms with Gasteiger partial charge in [0.1, 0.15) is 6.07 Å². The minimum Gasteiger partial charge on any atom is -0.263 e. The molecule has 0 fully saturated rings. The maximum absolute atomic E-state index is 9.52. The zero-order valence-electron chi connectivity index (χ0n) is 25.4. The van der Waals surface area contributed by atoms with Gasteiger partial charge in [0.05, 0.1) is 22.4 Å². The van der Waals surface area contributed by atoms with E-state index in [2.05, 4.69) is 145 Å². The van der Waals surface area contributed by atoms with Gasteiger partial charge in [-0.3, -0.25) is 4.98 Å². The van der Waals surface area contributed by atoms with Gasteiger partial charge in [-0.2, -0.15) is 5.26 Å². The van der Waals surface area contributed by atoms with Gasteiger partial charge >= 0.3 is 0 Å². The number of rotatable bonds is 4. The number of fused-ring (bicyclic) bond motifs is 7. The van der Waals surface area contributed by atoms with E-state index in [4.69, 9.17) is 4.98 Å². The molecule has 0 atom stereocenters. The predicted molar refractivity (Wildman–Crippen MR) is 190 cm³/mol. The molecular formula is C44H27N3. The first-order valence-corrected chi connectivity index (χ1v) is 15.8. The van der Waals surface area contributed by atoms with Crippen LogP contribution in [0.1, 0.15) is 27.8 Å². The van der Waals surface area contributed by atoms with Crippen LogP contribution >= 0.6 is 0 Å². The topological polar surface area (TPSA) is 49.6 Å². The zero-order chi connectivity index (χ0) is 31.4. The first-order valence-electron chi connectivity index (χ1n) is 15.8. The van der Waals surface area contributed by atoms with E-state index >= 15 is 0 Å². The van der Waals surface area contributed by atoms with Crippen LogP contribution in [-0.4, -0.2) is 9.97 Å². The van der Waals surface area contributed by atoms with E-state index in [1.54, 1.807) is 12.4 Å². The highest BCUT2D eigenvalue weighted by atomic mass is 14.7. The Bertz CT molecular complexity index is 2490. The van der Waals surface area contributed by atoms with Gasteiger partial charge in [0.15, 0.2) is 0 Å². The van der Waals surface area contributed by atoms with Gasteiger partial charge in [-0.05, 0) is 79.2 Å². The average Bonchev–Trinajstić information content (AvgIpc) is 3.47. The normalized spacial score (nSPS) is 12.8. The summed E-state index contributed by atoms with van der Waals surface area (Å²) in [5, 5.41) is 14.3. The summed E-state index contributed by atoms with van der Waals surface area (Å²) in [5.41, 5.74) is 11.0. The molecule has 1 aliphatic rings. The lowest BCUT2D eigenvalue weighted by molar-refractivity contribution is 0.770. The highest BCUT2D eigenvalue weighted by molar-refractivity contribution is 6.15. The molecule has 6 aromatic carbocycles. The summed E-state index contributed by atoms with van der Waals surface area (Å²) >= 11 is 0. The molecule has 0 N–H and O–H groups in total. The van der Waals surface area contributed by atoms with Crippen LogP contribution in [-0.2, 0) is 5.41 Å². The minimum absolute atomic E-state index is 0.512. The van der Waals surface area contributed by atoms with E-state index in [1.165, 1.54) is 49.5 Å². The molecule has 8 aromatic rings. The second kappa shape index (κ2) is 10.6. The van der Waals surface area contributed by atoms with Crippen LogP contribution in [0.2, 0.25) is 0 Å². The van der Waals surface area contributed by atoms with Crippen molar-refractivity contribution in [3.05, 3.63) is 192 Å². The van der Waals surface area contributed by atoms with Gasteiger partial charge in [0.2, 0.25) is 0 Å². The van der Waals surface area contributed by atoms with Crippen molar-refractivity contribution in [1.29, 1.82) is 5.26 Å². The third kappa shape index (κ3) is 3.99. The molecule has 218 valence electrons. The molecule has 0 unspecified atom stereocenters. The fourth-order valence-corrected chi connectivity index (χ4v) is 7.70. The van der Waals surface area contributed by atoms with Crippen LogP contribution in [0.5, 0.6) is 0 Å². The molecule has 0 amide bonds. The van der Waals surface area contributed by atoms with Crippen LogP contribution in [0.4, 0.5) is 0 Å². The van der Waals surface area contributed by atoms with Gasteiger partial charge in [0.25, 0.3) is 0 Å². The second-order valence-electron chi connectivity index (χ2n) is 12.1. The molecule has 3 nitrogen and oxygen atoms in total. The van der Waals surface area contributed by atoms with Crippen LogP contribution in [0, 0.1) is 11.3 Å². The Kier molecular flexibility index (Phi) is 6.10. The van der Waals surface area contributed by atoms with Crippen LogP contribution in [0.15, 0.2) is 164 Å². The number of pyridine rings is 2. The summed E-state index contributed by atoms with van der Waals surface area (Å²) in [6.07, 6.45) is 3.35. The number of hydrogen-bond donors (Lipinski definition) is 0. The molecule has 0 bridgehead atoms. The highest BCUT2D eigenvalue weighted by Crippen LogP contribution is 2.60. The molecule has 2 heterocycles. The number of aromatic nitrogens is 2. The van der Waals surface area contributed by atoms with Crippen LogP contribution in [0.25, 0.3) is 55.2 Å². The van der Waals surface area contributed by atoms with E-state index in [-0.39, 0.29) is 0 Å². The standard InChI is InChI=1S/C44H27N3/c45-26-29-24-31(28-46-27-29)40-20-11-21-41(47-40)37-25-39-43(36-19-10-9-18-35(36)37)42-34-17-8-7-12-30(34)22-23-38(42)44(39,32-13-3-1-4-14-32)33-15-5-2-6-16-33/h1-25,27-28H. The number of nitriles is 1. The Hall–Kier alpha value is -6.37. The molecular weight excluding hydrogens is 571 g/mol. The Balaban J connectivity index is 1.43. The van der Waals surface area contributed by atoms with Crippen molar-refractivity contribution >= 4 is 21.5 Å². The van der Waals surface area contributed by atoms with Crippen molar-refractivity contribution in [1.82, 2.24) is 9.97 Å². The van der Waals surface area contributed by atoms with Gasteiger partial charge in [-0.15, -0.1) is 0 Å². The summed E-state index contributed by atoms with van der Waals surface area (Å²) in [7, 11) is 0. The third-order valence-corrected chi connectivity index (χ3v) is 9.63. The zero-order valence-corrected chi connectivity index (χ0v) is 25.4. The van der Waals surface area contributed by atoms with Crippen molar-refractivity contribution < 1.29 is 0 Å². The lowest BCUT2D eigenvalue weighted by atomic mass is 9.67. The molecule has 47 heavy (non-hydrogen) atoms. The first-order chi connectivity index (χ1) is 23.3. The molecule has 0 radical (unpaired) electrons. The molecule has 9 rings (SSSR count). The van der Waals surface area contributed by atoms with Crippen molar-refractivity contribution in [2.24, 2.45) is 0 Å². The van der Waals surface area contributed by atoms with E-state index in [9.17, 15) is 5.26 Å². The van der Waals surface area contributed by atoms with E-state index in [0.717, 1.165) is 27.9 Å². The molecule has 0 aliphatic heterocycles. The van der Waals surface area contributed by atoms with E-state index in [1.807, 2.05) is 18.2 Å². The number of nitrogens with zero attached hydrogens (tertiary/aromatic N) is 3. The molecule has 0 saturated heterocycles. The predicted octanol–water partition coefficient (Wildman–Crippen LogP) is 10.4. The second-order valence-corrected chi connectivity index (χ2v) is 12.1. The quantitative estimate of drug-likeness (QED) is 0.203. The monoisotopic (exact) mass is 597 g/mol. The third-order valence-electron chi connectivity index (χ3n) is 9.63. The molecule has 0 saturated carbocycles. The smallest absolute Gasteiger partial charge is 0.101 e. The van der Waals surface area contributed by atoms with E-state index in [0.29, 0.717) is 5.56 Å². The van der Waals surface area contributed by atoms with Crippen LogP contribution < -0.4 is 0 Å². The minimum atomic E-state index is -0.557.